The van der Waals surface area contributed by atoms with E-state index >= 15 is 0 Å². The van der Waals surface area contributed by atoms with Crippen LogP contribution < -0.4 is 4.74 Å². The summed E-state index contributed by atoms with van der Waals surface area (Å²) in [5.74, 6) is 0.320. The average Bonchev–Trinajstić information content (AvgIpc) is 2.28. The number of hydrogen-bond acceptors (Lipinski definition) is 2. The van der Waals surface area contributed by atoms with Gasteiger partial charge >= 0.3 is 0 Å². The van der Waals surface area contributed by atoms with Crippen LogP contribution in [0.5, 0.6) is 5.75 Å². The first kappa shape index (κ1) is 14.1. The molecule has 0 aliphatic carbocycles. The molecule has 3 nitrogen and oxygen atoms in total. The molecule has 0 atom stereocenters. The second kappa shape index (κ2) is 6.12. The molecule has 1 aromatic carbocycles. The van der Waals surface area contributed by atoms with E-state index in [9.17, 15) is 4.79 Å². The van der Waals surface area contributed by atoms with Crippen LogP contribution in [-0.4, -0.2) is 30.5 Å². The van der Waals surface area contributed by atoms with Crippen molar-refractivity contribution in [2.24, 2.45) is 0 Å². The molecule has 0 heterocycles. The third-order valence-electron chi connectivity index (χ3n) is 2.41. The van der Waals surface area contributed by atoms with Gasteiger partial charge in [0.1, 0.15) is 5.75 Å². The molecule has 17 heavy (non-hydrogen) atoms. The van der Waals surface area contributed by atoms with Crippen molar-refractivity contribution in [2.45, 2.75) is 19.9 Å². The maximum absolute atomic E-state index is 11.7. The van der Waals surface area contributed by atoms with Gasteiger partial charge < -0.3 is 9.64 Å². The van der Waals surface area contributed by atoms with Crippen molar-refractivity contribution in [1.82, 2.24) is 4.90 Å². The Kier molecular flexibility index (Phi) is 5.09. The zero-order valence-corrected chi connectivity index (χ0v) is 11.5. The fraction of sp³-hybridized carbons (Fsp3) is 0.417. The number of carbonyl (C=O) groups is 1. The van der Waals surface area contributed by atoms with Gasteiger partial charge in [0, 0.05) is 24.2 Å². The number of halogens is 2. The van der Waals surface area contributed by atoms with Crippen LogP contribution in [0.3, 0.4) is 0 Å². The summed E-state index contributed by atoms with van der Waals surface area (Å²) >= 11 is 11.7. The Hall–Kier alpha value is -0.930. The van der Waals surface area contributed by atoms with E-state index in [0.717, 1.165) is 0 Å². The van der Waals surface area contributed by atoms with Crippen LogP contribution in [0.25, 0.3) is 0 Å². The predicted molar refractivity (Wildman–Crippen MR) is 69.9 cm³/mol. The van der Waals surface area contributed by atoms with Gasteiger partial charge in [-0.25, -0.2) is 0 Å². The third kappa shape index (κ3) is 4.10. The molecule has 0 radical (unpaired) electrons. The number of ether oxygens (including phenoxy) is 1. The Morgan fingerprint density at radius 3 is 2.65 bits per heavy atom. The molecule has 1 rings (SSSR count). The molecule has 0 aromatic heterocycles. The van der Waals surface area contributed by atoms with Gasteiger partial charge in [0.15, 0.2) is 6.61 Å². The number of benzene rings is 1. The SMILES string of the molecule is CC(C)N(C)C(=O)COc1cc(Cl)ccc1Cl. The summed E-state index contributed by atoms with van der Waals surface area (Å²) in [5, 5.41) is 0.962. The van der Waals surface area contributed by atoms with Crippen molar-refractivity contribution in [1.29, 1.82) is 0 Å². The fourth-order valence-electron chi connectivity index (χ4n) is 1.12. The van der Waals surface area contributed by atoms with E-state index in [1.54, 1.807) is 30.1 Å². The van der Waals surface area contributed by atoms with Crippen LogP contribution in [0.4, 0.5) is 0 Å². The van der Waals surface area contributed by atoms with E-state index in [1.165, 1.54) is 0 Å². The molecule has 5 heteroatoms. The van der Waals surface area contributed by atoms with Gasteiger partial charge in [-0.3, -0.25) is 4.79 Å². The molecular formula is C12H15Cl2NO2. The van der Waals surface area contributed by atoms with Gasteiger partial charge in [-0.05, 0) is 26.0 Å². The lowest BCUT2D eigenvalue weighted by Gasteiger charge is -2.21. The summed E-state index contributed by atoms with van der Waals surface area (Å²) in [6.45, 7) is 3.82. The van der Waals surface area contributed by atoms with Crippen molar-refractivity contribution < 1.29 is 9.53 Å². The standard InChI is InChI=1S/C12H15Cl2NO2/c1-8(2)15(3)12(16)7-17-11-6-9(13)4-5-10(11)14/h4-6,8H,7H2,1-3H3. The van der Waals surface area contributed by atoms with E-state index in [2.05, 4.69) is 0 Å². The van der Waals surface area contributed by atoms with Crippen LogP contribution in [0, 0.1) is 0 Å². The van der Waals surface area contributed by atoms with Gasteiger partial charge in [-0.1, -0.05) is 23.2 Å². The highest BCUT2D eigenvalue weighted by Gasteiger charge is 2.13. The van der Waals surface area contributed by atoms with Crippen LogP contribution >= 0.6 is 23.2 Å². The minimum Gasteiger partial charge on any atom is -0.482 e. The highest BCUT2D eigenvalue weighted by atomic mass is 35.5. The summed E-state index contributed by atoms with van der Waals surface area (Å²) < 4.78 is 5.34. The maximum Gasteiger partial charge on any atom is 0.260 e. The van der Waals surface area contributed by atoms with Gasteiger partial charge in [-0.15, -0.1) is 0 Å². The number of nitrogens with zero attached hydrogens (tertiary/aromatic N) is 1. The van der Waals surface area contributed by atoms with Crippen LogP contribution in [0.2, 0.25) is 10.0 Å². The summed E-state index contributed by atoms with van der Waals surface area (Å²) in [6, 6.07) is 5.03. The third-order valence-corrected chi connectivity index (χ3v) is 2.96. The van der Waals surface area contributed by atoms with Crippen LogP contribution in [0.1, 0.15) is 13.8 Å². The molecule has 0 saturated heterocycles. The number of amides is 1. The second-order valence-electron chi connectivity index (χ2n) is 3.96. The van der Waals surface area contributed by atoms with E-state index in [4.69, 9.17) is 27.9 Å². The first-order chi connectivity index (χ1) is 7.91. The Morgan fingerprint density at radius 2 is 2.06 bits per heavy atom. The Labute approximate surface area is 111 Å². The fourth-order valence-corrected chi connectivity index (χ4v) is 1.45. The monoisotopic (exact) mass is 275 g/mol. The van der Waals surface area contributed by atoms with Crippen molar-refractivity contribution in [3.05, 3.63) is 28.2 Å². The summed E-state index contributed by atoms with van der Waals surface area (Å²) in [7, 11) is 1.73. The molecule has 0 saturated carbocycles. The minimum absolute atomic E-state index is 0.0469. The van der Waals surface area contributed by atoms with Crippen LogP contribution in [0.15, 0.2) is 18.2 Å². The van der Waals surface area contributed by atoms with E-state index in [-0.39, 0.29) is 18.6 Å². The van der Waals surface area contributed by atoms with Gasteiger partial charge in [0.2, 0.25) is 0 Å². The average molecular weight is 276 g/mol. The summed E-state index contributed by atoms with van der Waals surface area (Å²) in [4.78, 5) is 13.3. The molecule has 0 unspecified atom stereocenters. The molecule has 0 aliphatic heterocycles. The topological polar surface area (TPSA) is 29.5 Å². The smallest absolute Gasteiger partial charge is 0.260 e. The first-order valence-electron chi connectivity index (χ1n) is 5.25. The first-order valence-corrected chi connectivity index (χ1v) is 6.01. The van der Waals surface area contributed by atoms with Crippen LogP contribution in [-0.2, 0) is 4.79 Å². The highest BCUT2D eigenvalue weighted by Crippen LogP contribution is 2.27. The zero-order chi connectivity index (χ0) is 13.0. The lowest BCUT2D eigenvalue weighted by atomic mass is 10.3. The lowest BCUT2D eigenvalue weighted by molar-refractivity contribution is -0.133. The zero-order valence-electron chi connectivity index (χ0n) is 10.0. The molecule has 0 aliphatic rings. The Morgan fingerprint density at radius 1 is 1.41 bits per heavy atom. The predicted octanol–water partition coefficient (Wildman–Crippen LogP) is 3.24. The largest absolute Gasteiger partial charge is 0.482 e. The van der Waals surface area contributed by atoms with Gasteiger partial charge in [-0.2, -0.15) is 0 Å². The van der Waals surface area contributed by atoms with E-state index < -0.39 is 0 Å². The van der Waals surface area contributed by atoms with E-state index in [1.807, 2.05) is 13.8 Å². The number of rotatable bonds is 4. The van der Waals surface area contributed by atoms with Crippen molar-refractivity contribution in [3.63, 3.8) is 0 Å². The van der Waals surface area contributed by atoms with Gasteiger partial charge in [0.05, 0.1) is 5.02 Å². The molecule has 0 spiro atoms. The van der Waals surface area contributed by atoms with Crippen molar-refractivity contribution in [2.75, 3.05) is 13.7 Å². The molecule has 0 N–H and O–H groups in total. The van der Waals surface area contributed by atoms with Crippen molar-refractivity contribution >= 4 is 29.1 Å². The second-order valence-corrected chi connectivity index (χ2v) is 4.81. The van der Waals surface area contributed by atoms with Gasteiger partial charge in [0.25, 0.3) is 5.91 Å². The quantitative estimate of drug-likeness (QED) is 0.844. The Bertz CT molecular complexity index is 407. The number of likely N-dealkylation sites (N-methyl/N-ethyl adjacent to an activating group) is 1. The molecular weight excluding hydrogens is 261 g/mol. The minimum atomic E-state index is -0.101. The van der Waals surface area contributed by atoms with E-state index in [0.29, 0.717) is 15.8 Å². The molecule has 1 aromatic rings. The Balaban J connectivity index is 2.61. The summed E-state index contributed by atoms with van der Waals surface area (Å²) in [6.07, 6.45) is 0. The molecule has 94 valence electrons. The lowest BCUT2D eigenvalue weighted by Crippen LogP contribution is -2.36. The summed E-state index contributed by atoms with van der Waals surface area (Å²) in [5.41, 5.74) is 0. The molecule has 0 fully saturated rings. The maximum atomic E-state index is 11.7. The van der Waals surface area contributed by atoms with Crippen molar-refractivity contribution in [3.8, 4) is 5.75 Å². The number of carbonyl (C=O) groups excluding carboxylic acids is 1. The highest BCUT2D eigenvalue weighted by molar-refractivity contribution is 6.34. The number of hydrogen-bond donors (Lipinski definition) is 0. The normalized spacial score (nSPS) is 10.5. The molecule has 0 bridgehead atoms. The molecule has 1 amide bonds.